The summed E-state index contributed by atoms with van der Waals surface area (Å²) < 4.78 is 39.0. The largest absolute Gasteiger partial charge is 0.416 e. The molecule has 5 nitrogen and oxygen atoms in total. The van der Waals surface area contributed by atoms with Crippen molar-refractivity contribution in [2.75, 3.05) is 20.6 Å². The molecule has 2 amide bonds. The Balaban J connectivity index is 1.75. The van der Waals surface area contributed by atoms with Crippen molar-refractivity contribution in [2.45, 2.75) is 19.6 Å². The summed E-state index contributed by atoms with van der Waals surface area (Å²) in [5, 5.41) is 1.90. The van der Waals surface area contributed by atoms with Crippen LogP contribution in [0.25, 0.3) is 10.6 Å². The molecule has 3 rings (SSSR count). The van der Waals surface area contributed by atoms with E-state index in [-0.39, 0.29) is 17.5 Å². The average Bonchev–Trinajstić information content (AvgIpc) is 3.27. The molecule has 0 N–H and O–H groups in total. The van der Waals surface area contributed by atoms with E-state index in [1.807, 2.05) is 6.92 Å². The SMILES string of the molecule is CCN(Cc1ccc(C(=O)N(C)C)cc1)C(=O)c1csc(-c2cccc(C(F)(F)F)c2)n1. The molecule has 0 saturated carbocycles. The molecule has 0 aliphatic rings. The Morgan fingerprint density at radius 1 is 1.03 bits per heavy atom. The number of halogens is 3. The minimum Gasteiger partial charge on any atom is -0.345 e. The highest BCUT2D eigenvalue weighted by atomic mass is 32.1. The number of aromatic nitrogens is 1. The number of hydrogen-bond donors (Lipinski definition) is 0. The van der Waals surface area contributed by atoms with Gasteiger partial charge >= 0.3 is 6.18 Å². The highest BCUT2D eigenvalue weighted by molar-refractivity contribution is 7.13. The fourth-order valence-corrected chi connectivity index (χ4v) is 3.84. The topological polar surface area (TPSA) is 53.5 Å². The minimum absolute atomic E-state index is 0.107. The van der Waals surface area contributed by atoms with E-state index in [1.54, 1.807) is 48.6 Å². The van der Waals surface area contributed by atoms with Gasteiger partial charge in [0.25, 0.3) is 11.8 Å². The maximum absolute atomic E-state index is 13.0. The molecule has 0 radical (unpaired) electrons. The number of thiazole rings is 1. The first-order valence-corrected chi connectivity index (χ1v) is 10.7. The Morgan fingerprint density at radius 2 is 1.72 bits per heavy atom. The molecule has 168 valence electrons. The molecule has 0 saturated heterocycles. The Labute approximate surface area is 188 Å². The molecule has 0 unspecified atom stereocenters. The zero-order valence-electron chi connectivity index (χ0n) is 17.8. The van der Waals surface area contributed by atoms with Crippen LogP contribution in [0, 0.1) is 0 Å². The molecule has 0 aliphatic carbocycles. The van der Waals surface area contributed by atoms with Crippen LogP contribution in [0.15, 0.2) is 53.9 Å². The van der Waals surface area contributed by atoms with E-state index in [2.05, 4.69) is 4.98 Å². The highest BCUT2D eigenvalue weighted by Crippen LogP contribution is 2.33. The van der Waals surface area contributed by atoms with Gasteiger partial charge in [0.15, 0.2) is 0 Å². The molecular formula is C23H22F3N3O2S. The molecule has 0 spiro atoms. The summed E-state index contributed by atoms with van der Waals surface area (Å²) >= 11 is 1.12. The van der Waals surface area contributed by atoms with Crippen LogP contribution in [0.2, 0.25) is 0 Å². The van der Waals surface area contributed by atoms with Crippen molar-refractivity contribution >= 4 is 23.2 Å². The van der Waals surface area contributed by atoms with Gasteiger partial charge in [-0.05, 0) is 36.8 Å². The third-order valence-electron chi connectivity index (χ3n) is 4.81. The Morgan fingerprint density at radius 3 is 2.31 bits per heavy atom. The van der Waals surface area contributed by atoms with E-state index in [4.69, 9.17) is 0 Å². The molecule has 3 aromatic rings. The monoisotopic (exact) mass is 461 g/mol. The second-order valence-corrected chi connectivity index (χ2v) is 8.19. The van der Waals surface area contributed by atoms with Crippen LogP contribution in [0.1, 0.15) is 38.9 Å². The molecule has 1 aromatic heterocycles. The first-order valence-electron chi connectivity index (χ1n) is 9.83. The van der Waals surface area contributed by atoms with Crippen LogP contribution in [-0.2, 0) is 12.7 Å². The highest BCUT2D eigenvalue weighted by Gasteiger charge is 2.30. The molecule has 0 fully saturated rings. The number of alkyl halides is 3. The van der Waals surface area contributed by atoms with E-state index < -0.39 is 11.7 Å². The first kappa shape index (κ1) is 23.5. The van der Waals surface area contributed by atoms with Crippen molar-refractivity contribution in [2.24, 2.45) is 0 Å². The minimum atomic E-state index is -4.45. The van der Waals surface area contributed by atoms with Crippen molar-refractivity contribution in [1.29, 1.82) is 0 Å². The van der Waals surface area contributed by atoms with E-state index in [1.165, 1.54) is 17.0 Å². The summed E-state index contributed by atoms with van der Waals surface area (Å²) in [6, 6.07) is 11.9. The number of carbonyl (C=O) groups excluding carboxylic acids is 2. The number of amides is 2. The smallest absolute Gasteiger partial charge is 0.345 e. The lowest BCUT2D eigenvalue weighted by atomic mass is 10.1. The van der Waals surface area contributed by atoms with Gasteiger partial charge in [0, 0.05) is 43.7 Å². The van der Waals surface area contributed by atoms with E-state index >= 15 is 0 Å². The van der Waals surface area contributed by atoms with E-state index in [0.717, 1.165) is 29.0 Å². The van der Waals surface area contributed by atoms with Gasteiger partial charge in [-0.1, -0.05) is 24.3 Å². The number of benzene rings is 2. The van der Waals surface area contributed by atoms with Gasteiger partial charge in [-0.2, -0.15) is 13.2 Å². The van der Waals surface area contributed by atoms with E-state index in [9.17, 15) is 22.8 Å². The van der Waals surface area contributed by atoms with Crippen LogP contribution in [-0.4, -0.2) is 47.2 Å². The van der Waals surface area contributed by atoms with Crippen LogP contribution in [0.3, 0.4) is 0 Å². The van der Waals surface area contributed by atoms with Crippen molar-refractivity contribution in [3.8, 4) is 10.6 Å². The molecule has 32 heavy (non-hydrogen) atoms. The standard InChI is InChI=1S/C23H22F3N3O2S/c1-4-29(13-15-8-10-16(11-9-15)21(30)28(2)3)22(31)19-14-32-20(27-19)17-6-5-7-18(12-17)23(24,25)26/h5-12,14H,4,13H2,1-3H3. The van der Waals surface area contributed by atoms with Gasteiger partial charge < -0.3 is 9.80 Å². The molecule has 0 bridgehead atoms. The maximum Gasteiger partial charge on any atom is 0.416 e. The summed E-state index contributed by atoms with van der Waals surface area (Å²) in [7, 11) is 3.35. The van der Waals surface area contributed by atoms with Crippen molar-refractivity contribution in [3.05, 3.63) is 76.3 Å². The summed E-state index contributed by atoms with van der Waals surface area (Å²) in [4.78, 5) is 32.3. The second kappa shape index (κ2) is 9.52. The van der Waals surface area contributed by atoms with Crippen LogP contribution < -0.4 is 0 Å². The zero-order chi connectivity index (χ0) is 23.5. The molecule has 1 heterocycles. The lowest BCUT2D eigenvalue weighted by Gasteiger charge is -2.20. The second-order valence-electron chi connectivity index (χ2n) is 7.33. The summed E-state index contributed by atoms with van der Waals surface area (Å²) in [5.41, 5.74) is 1.14. The van der Waals surface area contributed by atoms with Gasteiger partial charge in [-0.15, -0.1) is 11.3 Å². The Kier molecular flexibility index (Phi) is 6.98. The van der Waals surface area contributed by atoms with Crippen LogP contribution in [0.5, 0.6) is 0 Å². The lowest BCUT2D eigenvalue weighted by molar-refractivity contribution is -0.137. The molecule has 0 atom stereocenters. The number of rotatable bonds is 6. The maximum atomic E-state index is 13.0. The normalized spacial score (nSPS) is 11.3. The van der Waals surface area contributed by atoms with Crippen molar-refractivity contribution in [3.63, 3.8) is 0 Å². The molecular weight excluding hydrogens is 439 g/mol. The van der Waals surface area contributed by atoms with Gasteiger partial charge in [-0.3, -0.25) is 9.59 Å². The van der Waals surface area contributed by atoms with Gasteiger partial charge in [0.05, 0.1) is 5.56 Å². The fraction of sp³-hybridized carbons (Fsp3) is 0.261. The lowest BCUT2D eigenvalue weighted by Crippen LogP contribution is -2.30. The fourth-order valence-electron chi connectivity index (χ4n) is 3.05. The zero-order valence-corrected chi connectivity index (χ0v) is 18.6. The Bertz CT molecular complexity index is 1110. The molecule has 2 aromatic carbocycles. The predicted octanol–water partition coefficient (Wildman–Crippen LogP) is 5.19. The van der Waals surface area contributed by atoms with Crippen LogP contribution >= 0.6 is 11.3 Å². The molecule has 9 heteroatoms. The number of carbonyl (C=O) groups is 2. The van der Waals surface area contributed by atoms with Gasteiger partial charge in [-0.25, -0.2) is 4.98 Å². The third-order valence-corrected chi connectivity index (χ3v) is 5.70. The summed E-state index contributed by atoms with van der Waals surface area (Å²) in [6.07, 6.45) is -4.45. The summed E-state index contributed by atoms with van der Waals surface area (Å²) in [6.45, 7) is 2.58. The number of hydrogen-bond acceptors (Lipinski definition) is 4. The van der Waals surface area contributed by atoms with Crippen LogP contribution in [0.4, 0.5) is 13.2 Å². The van der Waals surface area contributed by atoms with Gasteiger partial charge in [0.2, 0.25) is 0 Å². The predicted molar refractivity (Wildman–Crippen MR) is 117 cm³/mol. The molecule has 0 aliphatic heterocycles. The Hall–Kier alpha value is -3.20. The number of nitrogens with zero attached hydrogens (tertiary/aromatic N) is 3. The summed E-state index contributed by atoms with van der Waals surface area (Å²) in [5.74, 6) is -0.417. The van der Waals surface area contributed by atoms with E-state index in [0.29, 0.717) is 29.2 Å². The van der Waals surface area contributed by atoms with Crippen molar-refractivity contribution < 1.29 is 22.8 Å². The van der Waals surface area contributed by atoms with Gasteiger partial charge in [0.1, 0.15) is 10.7 Å². The van der Waals surface area contributed by atoms with Crippen molar-refractivity contribution in [1.82, 2.24) is 14.8 Å². The third kappa shape index (κ3) is 5.34. The average molecular weight is 462 g/mol. The first-order chi connectivity index (χ1) is 15.1. The quantitative estimate of drug-likeness (QED) is 0.508.